The Hall–Kier alpha value is -4.22. The predicted molar refractivity (Wildman–Crippen MR) is 135 cm³/mol. The summed E-state index contributed by atoms with van der Waals surface area (Å²) in [7, 11) is -1.86. The molecule has 0 spiro atoms. The average Bonchev–Trinajstić information content (AvgIpc) is 3.33. The first-order valence-corrected chi connectivity index (χ1v) is 13.4. The van der Waals surface area contributed by atoms with Crippen LogP contribution in [0.25, 0.3) is 33.7 Å². The Morgan fingerprint density at radius 1 is 0.917 bits per heavy atom. The van der Waals surface area contributed by atoms with Gasteiger partial charge in [-0.15, -0.1) is 0 Å². The second-order valence-electron chi connectivity index (χ2n) is 7.59. The van der Waals surface area contributed by atoms with Gasteiger partial charge in [0.2, 0.25) is 14.0 Å². The van der Waals surface area contributed by atoms with Crippen LogP contribution in [0.15, 0.2) is 99.4 Å². The molecule has 11 heteroatoms. The van der Waals surface area contributed by atoms with Crippen molar-refractivity contribution in [3.8, 4) is 28.5 Å². The SMILES string of the molecule is COc1ccc(S(=O)(=O)Sc2nc(-c3ccc([N+](=O)[O-])cc3)cc(-c3cc4ccccc4o3)n2)cc1. The van der Waals surface area contributed by atoms with E-state index < -0.39 is 13.8 Å². The van der Waals surface area contributed by atoms with Crippen LogP contribution >= 0.6 is 10.8 Å². The molecule has 2 aromatic heterocycles. The molecular weight excluding hydrogens is 502 g/mol. The maximum absolute atomic E-state index is 13.1. The third-order valence-electron chi connectivity index (χ3n) is 5.29. The van der Waals surface area contributed by atoms with Gasteiger partial charge in [-0.1, -0.05) is 18.2 Å². The van der Waals surface area contributed by atoms with E-state index in [4.69, 9.17) is 9.15 Å². The number of para-hydroxylation sites is 1. The van der Waals surface area contributed by atoms with Gasteiger partial charge >= 0.3 is 0 Å². The lowest BCUT2D eigenvalue weighted by molar-refractivity contribution is -0.384. The van der Waals surface area contributed by atoms with Crippen LogP contribution in [-0.4, -0.2) is 30.4 Å². The molecule has 0 unspecified atom stereocenters. The Morgan fingerprint density at radius 3 is 2.28 bits per heavy atom. The van der Waals surface area contributed by atoms with E-state index >= 15 is 0 Å². The number of hydrogen-bond donors (Lipinski definition) is 0. The number of furan rings is 1. The Bertz CT molecular complexity index is 1650. The van der Waals surface area contributed by atoms with E-state index in [1.54, 1.807) is 30.3 Å². The summed E-state index contributed by atoms with van der Waals surface area (Å²) in [6.07, 6.45) is 0. The predicted octanol–water partition coefficient (Wildman–Crippen LogP) is 5.95. The second kappa shape index (κ2) is 9.44. The van der Waals surface area contributed by atoms with Crippen LogP contribution in [-0.2, 0) is 8.87 Å². The molecule has 0 aliphatic heterocycles. The fraction of sp³-hybridized carbons (Fsp3) is 0.0400. The quantitative estimate of drug-likeness (QED) is 0.111. The Labute approximate surface area is 209 Å². The van der Waals surface area contributed by atoms with Crippen LogP contribution < -0.4 is 4.74 Å². The fourth-order valence-electron chi connectivity index (χ4n) is 3.49. The van der Waals surface area contributed by atoms with Crippen LogP contribution in [0.2, 0.25) is 0 Å². The molecular formula is C25H17N3O6S2. The zero-order chi connectivity index (χ0) is 25.3. The fourth-order valence-corrected chi connectivity index (χ4v) is 5.95. The molecule has 180 valence electrons. The Balaban J connectivity index is 1.59. The number of aromatic nitrogens is 2. The van der Waals surface area contributed by atoms with Gasteiger partial charge in [-0.2, -0.15) is 0 Å². The minimum atomic E-state index is -3.86. The number of ether oxygens (including phenoxy) is 1. The Morgan fingerprint density at radius 2 is 1.61 bits per heavy atom. The van der Waals surface area contributed by atoms with Crippen molar-refractivity contribution < 1.29 is 22.5 Å². The lowest BCUT2D eigenvalue weighted by Crippen LogP contribution is -2.00. The smallest absolute Gasteiger partial charge is 0.269 e. The summed E-state index contributed by atoms with van der Waals surface area (Å²) >= 11 is 0. The minimum Gasteiger partial charge on any atom is -0.497 e. The number of nitrogens with zero attached hydrogens (tertiary/aromatic N) is 3. The van der Waals surface area contributed by atoms with E-state index in [1.807, 2.05) is 30.3 Å². The van der Waals surface area contributed by atoms with E-state index in [2.05, 4.69) is 9.97 Å². The molecule has 0 N–H and O–H groups in total. The van der Waals surface area contributed by atoms with Crippen molar-refractivity contribution in [2.45, 2.75) is 10.1 Å². The van der Waals surface area contributed by atoms with Crippen LogP contribution in [0.4, 0.5) is 5.69 Å². The van der Waals surface area contributed by atoms with Gasteiger partial charge in [0.25, 0.3) is 5.69 Å². The van der Waals surface area contributed by atoms with Crippen molar-refractivity contribution in [1.29, 1.82) is 0 Å². The van der Waals surface area contributed by atoms with E-state index in [0.717, 1.165) is 5.39 Å². The highest BCUT2D eigenvalue weighted by molar-refractivity contribution is 8.72. The topological polar surface area (TPSA) is 125 Å². The lowest BCUT2D eigenvalue weighted by Gasteiger charge is -2.08. The summed E-state index contributed by atoms with van der Waals surface area (Å²) in [6.45, 7) is 0. The number of nitro benzene ring substituents is 1. The van der Waals surface area contributed by atoms with Gasteiger partial charge in [0, 0.05) is 23.1 Å². The molecule has 2 heterocycles. The first-order valence-electron chi connectivity index (χ1n) is 10.5. The van der Waals surface area contributed by atoms with Crippen molar-refractivity contribution in [1.82, 2.24) is 9.97 Å². The highest BCUT2D eigenvalue weighted by atomic mass is 33.1. The first kappa shape index (κ1) is 23.5. The third kappa shape index (κ3) is 4.79. The van der Waals surface area contributed by atoms with Gasteiger partial charge in [-0.05, 0) is 54.6 Å². The molecule has 0 saturated heterocycles. The van der Waals surface area contributed by atoms with E-state index in [9.17, 15) is 18.5 Å². The molecule has 5 rings (SSSR count). The van der Waals surface area contributed by atoms with Gasteiger partial charge in [0.05, 0.1) is 33.4 Å². The number of benzene rings is 3. The van der Waals surface area contributed by atoms with E-state index in [1.165, 1.54) is 31.4 Å². The van der Waals surface area contributed by atoms with Gasteiger partial charge in [-0.25, -0.2) is 18.4 Å². The monoisotopic (exact) mass is 519 g/mol. The lowest BCUT2D eigenvalue weighted by atomic mass is 10.1. The Kier molecular flexibility index (Phi) is 6.17. The van der Waals surface area contributed by atoms with Crippen molar-refractivity contribution in [2.75, 3.05) is 7.11 Å². The van der Waals surface area contributed by atoms with Crippen molar-refractivity contribution >= 4 is 36.3 Å². The van der Waals surface area contributed by atoms with Gasteiger partial charge in [-0.3, -0.25) is 10.1 Å². The number of non-ortho nitro benzene ring substituents is 1. The molecule has 9 nitrogen and oxygen atoms in total. The highest BCUT2D eigenvalue weighted by Crippen LogP contribution is 2.35. The summed E-state index contributed by atoms with van der Waals surface area (Å²) < 4.78 is 37.2. The van der Waals surface area contributed by atoms with Crippen LogP contribution in [0, 0.1) is 10.1 Å². The highest BCUT2D eigenvalue weighted by Gasteiger charge is 2.21. The normalized spacial score (nSPS) is 11.5. The number of hydrogen-bond acceptors (Lipinski definition) is 9. The van der Waals surface area contributed by atoms with Crippen LogP contribution in [0.3, 0.4) is 0 Å². The summed E-state index contributed by atoms with van der Waals surface area (Å²) in [5.41, 5.74) is 1.92. The number of methoxy groups -OCH3 is 1. The number of rotatable bonds is 7. The summed E-state index contributed by atoms with van der Waals surface area (Å²) in [5, 5.41) is 11.9. The molecule has 0 fully saturated rings. The second-order valence-corrected chi connectivity index (χ2v) is 11.3. The molecule has 0 saturated carbocycles. The average molecular weight is 520 g/mol. The van der Waals surface area contributed by atoms with E-state index in [-0.39, 0.29) is 15.7 Å². The van der Waals surface area contributed by atoms with Crippen LogP contribution in [0.5, 0.6) is 5.75 Å². The summed E-state index contributed by atoms with van der Waals surface area (Å²) in [6, 6.07) is 22.7. The van der Waals surface area contributed by atoms with Crippen molar-refractivity contribution in [3.63, 3.8) is 0 Å². The summed E-state index contributed by atoms with van der Waals surface area (Å²) in [5.74, 6) is 0.966. The summed E-state index contributed by atoms with van der Waals surface area (Å²) in [4.78, 5) is 19.5. The maximum atomic E-state index is 13.1. The number of nitro groups is 1. The minimum absolute atomic E-state index is 0.0165. The van der Waals surface area contributed by atoms with Gasteiger partial charge in [0.15, 0.2) is 5.76 Å². The molecule has 0 radical (unpaired) electrons. The zero-order valence-electron chi connectivity index (χ0n) is 18.7. The molecule has 0 atom stereocenters. The van der Waals surface area contributed by atoms with Crippen molar-refractivity contribution in [2.24, 2.45) is 0 Å². The van der Waals surface area contributed by atoms with E-state index in [0.29, 0.717) is 44.8 Å². The molecule has 0 aliphatic rings. The molecule has 36 heavy (non-hydrogen) atoms. The molecule has 0 bridgehead atoms. The van der Waals surface area contributed by atoms with Crippen molar-refractivity contribution in [3.05, 3.63) is 95.0 Å². The maximum Gasteiger partial charge on any atom is 0.269 e. The first-order chi connectivity index (χ1) is 17.3. The van der Waals surface area contributed by atoms with Gasteiger partial charge < -0.3 is 9.15 Å². The standard InChI is InChI=1S/C25H17N3O6S2/c1-33-19-10-12-20(13-11-19)36(31,32)35-25-26-21(16-6-8-18(9-7-16)28(29)30)15-22(27-25)24-14-17-4-2-3-5-23(17)34-24/h2-15H,1H3. The number of fused-ring (bicyclic) bond motifs is 1. The largest absolute Gasteiger partial charge is 0.497 e. The molecule has 0 amide bonds. The van der Waals surface area contributed by atoms with Crippen LogP contribution in [0.1, 0.15) is 0 Å². The molecule has 5 aromatic rings. The molecule has 0 aliphatic carbocycles. The third-order valence-corrected chi connectivity index (χ3v) is 8.37. The van der Waals surface area contributed by atoms with Gasteiger partial charge in [0.1, 0.15) is 17.0 Å². The molecule has 3 aromatic carbocycles. The zero-order valence-corrected chi connectivity index (χ0v) is 20.3.